The Bertz CT molecular complexity index is 1940. The number of nitro benzene ring substituents is 1. The number of halogens is 2. The van der Waals surface area contributed by atoms with Crippen molar-refractivity contribution in [2.24, 2.45) is 29.6 Å². The summed E-state index contributed by atoms with van der Waals surface area (Å²) in [6.07, 6.45) is -3.83. The van der Waals surface area contributed by atoms with Crippen LogP contribution in [0.1, 0.15) is 86.6 Å². The number of likely N-dealkylation sites (N-methyl/N-ethyl adjacent to an activating group) is 1. The van der Waals surface area contributed by atoms with Crippen molar-refractivity contribution in [2.75, 3.05) is 21.2 Å². The van der Waals surface area contributed by atoms with E-state index in [9.17, 15) is 33.3 Å². The van der Waals surface area contributed by atoms with E-state index in [2.05, 4.69) is 12.2 Å². The van der Waals surface area contributed by atoms with Crippen molar-refractivity contribution in [3.63, 3.8) is 0 Å². The van der Waals surface area contributed by atoms with Crippen molar-refractivity contribution in [1.82, 2.24) is 10.2 Å². The van der Waals surface area contributed by atoms with Crippen LogP contribution in [0.4, 0.5) is 19.3 Å². The maximum absolute atomic E-state index is 14.5. The maximum Gasteiger partial charge on any atom is 0.408 e. The fourth-order valence-electron chi connectivity index (χ4n) is 9.91. The van der Waals surface area contributed by atoms with Crippen LogP contribution in [0.25, 0.3) is 0 Å². The Morgan fingerprint density at radius 3 is 2.15 bits per heavy atom. The number of fused-ring (bicyclic) bond motifs is 1. The number of rotatable bonds is 10. The largest absolute Gasteiger partial charge is 0.489 e. The molecule has 0 radical (unpaired) electrons. The maximum atomic E-state index is 14.5. The summed E-state index contributed by atoms with van der Waals surface area (Å²) in [6.45, 7) is 16.1. The van der Waals surface area contributed by atoms with E-state index in [1.807, 2.05) is 32.8 Å². The predicted octanol–water partition coefficient (Wildman–Crippen LogP) is 7.60. The second-order valence-electron chi connectivity index (χ2n) is 18.1. The minimum absolute atomic E-state index is 0.0800. The van der Waals surface area contributed by atoms with Gasteiger partial charge in [-0.15, -0.1) is 0 Å². The number of esters is 1. The summed E-state index contributed by atoms with van der Waals surface area (Å²) in [5.41, 5.74) is -2.75. The van der Waals surface area contributed by atoms with E-state index in [0.29, 0.717) is 24.2 Å². The van der Waals surface area contributed by atoms with Gasteiger partial charge in [0.25, 0.3) is 0 Å². The van der Waals surface area contributed by atoms with Gasteiger partial charge in [0, 0.05) is 30.9 Å². The van der Waals surface area contributed by atoms with Gasteiger partial charge in [-0.2, -0.15) is 0 Å². The molecule has 2 aromatic carbocycles. The van der Waals surface area contributed by atoms with Crippen molar-refractivity contribution >= 4 is 23.5 Å². The standard InChI is InChI=1S/C45H63F2N3O11/c1-13-36-45(9)40(48-43(53)61-45)26(5)37(51)25(4)22-44(8,56-12)41(27(6)38(28(7)42(52)60-36)57-33-16-14-29(46)20-24(33)3)59-35-19-23(2)18-32(49(10)11)39(35)58-34-17-15-30(47)21-31(34)50(54)55/h14-17,20-21,23,25-28,32,35-36,38-41H,13,18-19,22H2,1-12H3,(H,48,53)/t23-,25-,26+,27+,28-,32+,35-,36-,38+,39-,40-,41-,44+,45-/m1/s1. The van der Waals surface area contributed by atoms with Gasteiger partial charge in [-0.3, -0.25) is 19.7 Å². The minimum atomic E-state index is -1.40. The molecule has 2 heterocycles. The summed E-state index contributed by atoms with van der Waals surface area (Å²) < 4.78 is 67.9. The molecule has 5 rings (SSSR count). The molecule has 0 unspecified atom stereocenters. The summed E-state index contributed by atoms with van der Waals surface area (Å²) >= 11 is 0. The number of benzene rings is 2. The van der Waals surface area contributed by atoms with Crippen LogP contribution in [0.5, 0.6) is 11.5 Å². The Morgan fingerprint density at radius 1 is 0.934 bits per heavy atom. The molecule has 2 aliphatic heterocycles. The first kappa shape index (κ1) is 47.6. The highest BCUT2D eigenvalue weighted by Crippen LogP contribution is 2.43. The monoisotopic (exact) mass is 859 g/mol. The molecule has 0 bridgehead atoms. The highest BCUT2D eigenvalue weighted by Gasteiger charge is 2.57. The lowest BCUT2D eigenvalue weighted by Gasteiger charge is -2.49. The number of Topliss-reactive ketones (excluding diaryl/α,β-unsaturated/α-hetero) is 1. The van der Waals surface area contributed by atoms with Gasteiger partial charge >= 0.3 is 17.7 Å². The van der Waals surface area contributed by atoms with E-state index in [0.717, 1.165) is 12.1 Å². The van der Waals surface area contributed by atoms with Crippen LogP contribution in [0.3, 0.4) is 0 Å². The summed E-state index contributed by atoms with van der Waals surface area (Å²) in [6, 6.07) is 6.06. The van der Waals surface area contributed by atoms with Crippen LogP contribution >= 0.6 is 0 Å². The Kier molecular flexibility index (Phi) is 14.8. The number of carbonyl (C=O) groups is 3. The Hall–Kier alpha value is -4.41. The molecule has 0 aromatic heterocycles. The highest BCUT2D eigenvalue weighted by atomic mass is 19.1. The number of alkyl carbamates (subject to hydrolysis) is 1. The van der Waals surface area contributed by atoms with Gasteiger partial charge in [0.15, 0.2) is 11.4 Å². The van der Waals surface area contributed by atoms with E-state index in [4.69, 9.17) is 28.4 Å². The molecule has 1 N–H and O–H groups in total. The van der Waals surface area contributed by atoms with Gasteiger partial charge in [-0.1, -0.05) is 34.6 Å². The predicted molar refractivity (Wildman–Crippen MR) is 221 cm³/mol. The summed E-state index contributed by atoms with van der Waals surface area (Å²) in [5.74, 6) is -5.07. The average molecular weight is 860 g/mol. The number of nitrogens with one attached hydrogen (secondary N) is 1. The number of amides is 1. The molecule has 1 saturated carbocycles. The molecule has 2 aromatic rings. The van der Waals surface area contributed by atoms with Crippen LogP contribution in [0.2, 0.25) is 0 Å². The Morgan fingerprint density at radius 2 is 1.56 bits per heavy atom. The highest BCUT2D eigenvalue weighted by molar-refractivity contribution is 5.85. The van der Waals surface area contributed by atoms with Gasteiger partial charge in [-0.05, 0) is 109 Å². The molecule has 14 atom stereocenters. The van der Waals surface area contributed by atoms with E-state index in [-0.39, 0.29) is 36.3 Å². The van der Waals surface area contributed by atoms with Crippen LogP contribution in [-0.4, -0.2) is 103 Å². The number of carbonyl (C=O) groups excluding carboxylic acids is 3. The lowest BCUT2D eigenvalue weighted by atomic mass is 9.73. The van der Waals surface area contributed by atoms with E-state index in [1.54, 1.807) is 41.5 Å². The van der Waals surface area contributed by atoms with Crippen LogP contribution < -0.4 is 14.8 Å². The minimum Gasteiger partial charge on any atom is -0.489 e. The molecule has 2 saturated heterocycles. The topological polar surface area (TPSA) is 165 Å². The smallest absolute Gasteiger partial charge is 0.408 e. The fraction of sp³-hybridized carbons (Fsp3) is 0.667. The second kappa shape index (κ2) is 18.9. The molecule has 338 valence electrons. The number of ether oxygens (including phenoxy) is 6. The van der Waals surface area contributed by atoms with Crippen molar-refractivity contribution in [2.45, 2.75) is 142 Å². The van der Waals surface area contributed by atoms with Gasteiger partial charge in [-0.25, -0.2) is 13.6 Å². The average Bonchev–Trinajstić information content (AvgIpc) is 3.51. The first-order valence-corrected chi connectivity index (χ1v) is 21.2. The molecule has 14 nitrogen and oxygen atoms in total. The van der Waals surface area contributed by atoms with Crippen molar-refractivity contribution in [3.05, 3.63) is 63.7 Å². The van der Waals surface area contributed by atoms with Crippen LogP contribution in [0, 0.1) is 58.3 Å². The number of cyclic esters (lactones) is 1. The number of aryl methyl sites for hydroxylation is 1. The van der Waals surface area contributed by atoms with E-state index < -0.39 is 106 Å². The first-order valence-electron chi connectivity index (χ1n) is 21.2. The summed E-state index contributed by atoms with van der Waals surface area (Å²) in [7, 11) is 5.27. The first-order chi connectivity index (χ1) is 28.5. The molecular formula is C45H63F2N3O11. The summed E-state index contributed by atoms with van der Waals surface area (Å²) in [5, 5.41) is 15.0. The number of nitro groups is 1. The van der Waals surface area contributed by atoms with Crippen molar-refractivity contribution in [3.8, 4) is 11.5 Å². The quantitative estimate of drug-likeness (QED) is 0.142. The van der Waals surface area contributed by atoms with Gasteiger partial charge in [0.05, 0.1) is 40.8 Å². The Balaban J connectivity index is 1.69. The van der Waals surface area contributed by atoms with Crippen LogP contribution in [-0.2, 0) is 28.5 Å². The zero-order valence-electron chi connectivity index (χ0n) is 37.4. The number of hydrogen-bond acceptors (Lipinski definition) is 12. The van der Waals surface area contributed by atoms with Gasteiger partial charge in [0.1, 0.15) is 41.5 Å². The van der Waals surface area contributed by atoms with Crippen LogP contribution in [0.15, 0.2) is 36.4 Å². The molecule has 0 spiro atoms. The number of hydrogen-bond donors (Lipinski definition) is 1. The van der Waals surface area contributed by atoms with Crippen molar-refractivity contribution in [1.29, 1.82) is 0 Å². The third kappa shape index (κ3) is 9.96. The second-order valence-corrected chi connectivity index (χ2v) is 18.1. The number of ketones is 1. The summed E-state index contributed by atoms with van der Waals surface area (Å²) in [4.78, 5) is 55.4. The fourth-order valence-corrected chi connectivity index (χ4v) is 9.91. The number of nitrogens with zero attached hydrogens (tertiary/aromatic N) is 2. The normalized spacial score (nSPS) is 36.3. The van der Waals surface area contributed by atoms with E-state index >= 15 is 0 Å². The lowest BCUT2D eigenvalue weighted by Crippen LogP contribution is -2.61. The molecule has 1 aliphatic carbocycles. The zero-order valence-corrected chi connectivity index (χ0v) is 37.4. The van der Waals surface area contributed by atoms with Crippen molar-refractivity contribution < 1.29 is 56.5 Å². The molecule has 3 aliphatic rings. The molecular weight excluding hydrogens is 797 g/mol. The lowest BCUT2D eigenvalue weighted by molar-refractivity contribution is -0.386. The zero-order chi connectivity index (χ0) is 45.3. The van der Waals surface area contributed by atoms with E-state index in [1.165, 1.54) is 31.4 Å². The number of methoxy groups -OCH3 is 1. The molecule has 16 heteroatoms. The van der Waals surface area contributed by atoms with Gasteiger partial charge in [0.2, 0.25) is 0 Å². The molecule has 1 amide bonds. The molecule has 3 fully saturated rings. The Labute approximate surface area is 357 Å². The third-order valence-corrected chi connectivity index (χ3v) is 13.3. The third-order valence-electron chi connectivity index (χ3n) is 13.3. The SMILES string of the molecule is CC[C@H]1OC(=O)[C@H](C)[C@@H](Oc2ccc(F)cc2C)[C@H](C)[C@@H](O[C@@H]2C[C@H](C)C[C@H](N(C)C)[C@H]2Oc2ccc(F)cc2[N+](=O)[O-])[C@@](C)(OC)C[C@@H](C)C(=O)[C@H](C)[C@H]2NC(=O)O[C@@]21C. The van der Waals surface area contributed by atoms with Gasteiger partial charge < -0.3 is 38.6 Å². The molecule has 61 heavy (non-hydrogen) atoms.